The molecule has 1 aromatic carbocycles. The molecule has 0 amide bonds. The van der Waals surface area contributed by atoms with Gasteiger partial charge in [-0.1, -0.05) is 17.7 Å². The number of hydrogen-bond acceptors (Lipinski definition) is 2. The maximum absolute atomic E-state index is 6.23. The average molecular weight is 364 g/mol. The summed E-state index contributed by atoms with van der Waals surface area (Å²) in [5.74, 6) is 0. The lowest BCUT2D eigenvalue weighted by Crippen LogP contribution is -2.11. The molecule has 4 heteroatoms. The van der Waals surface area contributed by atoms with Gasteiger partial charge in [-0.25, -0.2) is 0 Å². The normalized spacial score (nSPS) is 12.8. The van der Waals surface area contributed by atoms with E-state index >= 15 is 0 Å². The van der Waals surface area contributed by atoms with Gasteiger partial charge in [0.25, 0.3) is 0 Å². The fourth-order valence-corrected chi connectivity index (χ4v) is 2.88. The van der Waals surface area contributed by atoms with E-state index in [9.17, 15) is 0 Å². The molecule has 0 spiro atoms. The van der Waals surface area contributed by atoms with E-state index in [0.717, 1.165) is 14.2 Å². The molecule has 2 aromatic rings. The highest BCUT2D eigenvalue weighted by Crippen LogP contribution is 2.29. The minimum absolute atomic E-state index is 0.0826. The minimum Gasteiger partial charge on any atom is -0.320 e. The second-order valence-corrected chi connectivity index (χ2v) is 6.27. The fourth-order valence-electron chi connectivity index (χ4n) is 1.60. The largest absolute Gasteiger partial charge is 0.320 e. The van der Waals surface area contributed by atoms with E-state index in [2.05, 4.69) is 41.0 Å². The van der Waals surface area contributed by atoms with Crippen LogP contribution in [0.3, 0.4) is 0 Å². The van der Waals surface area contributed by atoms with Gasteiger partial charge in [-0.05, 0) is 64.2 Å². The average Bonchev–Trinajstić information content (AvgIpc) is 2.67. The van der Waals surface area contributed by atoms with Crippen LogP contribution in [0.4, 0.5) is 0 Å². The summed E-state index contributed by atoms with van der Waals surface area (Å²) in [7, 11) is 0. The molecule has 16 heavy (non-hydrogen) atoms. The van der Waals surface area contributed by atoms with Gasteiger partial charge in [0.05, 0.1) is 11.1 Å². The van der Waals surface area contributed by atoms with Gasteiger partial charge in [-0.3, -0.25) is 0 Å². The van der Waals surface area contributed by atoms with Crippen molar-refractivity contribution in [1.82, 2.24) is 0 Å². The number of aryl methyl sites for hydroxylation is 1. The third kappa shape index (κ3) is 2.42. The molecule has 0 aliphatic carbocycles. The van der Waals surface area contributed by atoms with Crippen LogP contribution in [0.5, 0.6) is 0 Å². The molecular formula is C12H11ClINS. The van der Waals surface area contributed by atoms with E-state index in [4.69, 9.17) is 17.3 Å². The highest BCUT2D eigenvalue weighted by molar-refractivity contribution is 14.1. The van der Waals surface area contributed by atoms with Crippen molar-refractivity contribution in [2.75, 3.05) is 0 Å². The van der Waals surface area contributed by atoms with Gasteiger partial charge in [0.15, 0.2) is 0 Å². The van der Waals surface area contributed by atoms with Crippen LogP contribution in [-0.4, -0.2) is 0 Å². The zero-order valence-corrected chi connectivity index (χ0v) is 12.4. The second-order valence-electron chi connectivity index (χ2n) is 3.58. The zero-order valence-electron chi connectivity index (χ0n) is 8.71. The van der Waals surface area contributed by atoms with Crippen LogP contribution in [0.1, 0.15) is 22.0 Å². The van der Waals surface area contributed by atoms with Gasteiger partial charge < -0.3 is 5.73 Å². The Hall–Kier alpha value is -0.100. The summed E-state index contributed by atoms with van der Waals surface area (Å²) >= 11 is 10.0. The fraction of sp³-hybridized carbons (Fsp3) is 0.167. The Kier molecular flexibility index (Phi) is 3.89. The molecule has 0 radical (unpaired) electrons. The van der Waals surface area contributed by atoms with Crippen LogP contribution in [0.2, 0.25) is 5.02 Å². The van der Waals surface area contributed by atoms with Crippen molar-refractivity contribution in [2.24, 2.45) is 5.73 Å². The number of rotatable bonds is 2. The summed E-state index contributed by atoms with van der Waals surface area (Å²) in [5.41, 5.74) is 8.47. The van der Waals surface area contributed by atoms with E-state index in [1.165, 1.54) is 10.4 Å². The second kappa shape index (κ2) is 5.04. The molecule has 1 atom stereocenters. The van der Waals surface area contributed by atoms with Crippen LogP contribution >= 0.6 is 45.5 Å². The molecule has 0 bridgehead atoms. The monoisotopic (exact) mass is 363 g/mol. The summed E-state index contributed by atoms with van der Waals surface area (Å²) in [4.78, 5) is 1.27. The lowest BCUT2D eigenvalue weighted by Gasteiger charge is -2.12. The molecule has 1 aromatic heterocycles. The minimum atomic E-state index is -0.0826. The molecule has 2 rings (SSSR count). The van der Waals surface area contributed by atoms with E-state index in [1.54, 1.807) is 11.3 Å². The SMILES string of the molecule is Cc1sccc1C(N)c1ccc(I)c(Cl)c1. The van der Waals surface area contributed by atoms with Crippen LogP contribution in [-0.2, 0) is 0 Å². The molecule has 1 unspecified atom stereocenters. The third-order valence-corrected chi connectivity index (χ3v) is 4.97. The van der Waals surface area contributed by atoms with Crippen molar-refractivity contribution < 1.29 is 0 Å². The van der Waals surface area contributed by atoms with Crippen LogP contribution in [0.15, 0.2) is 29.6 Å². The molecule has 0 aliphatic heterocycles. The van der Waals surface area contributed by atoms with Crippen molar-refractivity contribution in [3.8, 4) is 0 Å². The van der Waals surface area contributed by atoms with Gasteiger partial charge in [0.2, 0.25) is 0 Å². The molecule has 1 heterocycles. The van der Waals surface area contributed by atoms with Crippen LogP contribution < -0.4 is 5.73 Å². The number of hydrogen-bond donors (Lipinski definition) is 1. The molecular weight excluding hydrogens is 353 g/mol. The van der Waals surface area contributed by atoms with Gasteiger partial charge in [0, 0.05) is 8.45 Å². The van der Waals surface area contributed by atoms with Crippen molar-refractivity contribution in [2.45, 2.75) is 13.0 Å². The Bertz CT molecular complexity index is 509. The Morgan fingerprint density at radius 3 is 2.69 bits per heavy atom. The summed E-state index contributed by atoms with van der Waals surface area (Å²) < 4.78 is 1.05. The maximum Gasteiger partial charge on any atom is 0.0563 e. The van der Waals surface area contributed by atoms with Crippen LogP contribution in [0, 0.1) is 10.5 Å². The van der Waals surface area contributed by atoms with E-state index < -0.39 is 0 Å². The van der Waals surface area contributed by atoms with Crippen molar-refractivity contribution in [3.63, 3.8) is 0 Å². The Balaban J connectivity index is 2.38. The lowest BCUT2D eigenvalue weighted by atomic mass is 10.0. The maximum atomic E-state index is 6.23. The molecule has 2 N–H and O–H groups in total. The van der Waals surface area contributed by atoms with E-state index in [0.29, 0.717) is 0 Å². The van der Waals surface area contributed by atoms with Gasteiger partial charge in [-0.2, -0.15) is 0 Å². The molecule has 0 saturated carbocycles. The van der Waals surface area contributed by atoms with Gasteiger partial charge in [-0.15, -0.1) is 11.3 Å². The van der Waals surface area contributed by atoms with E-state index in [1.807, 2.05) is 18.2 Å². The summed E-state index contributed by atoms with van der Waals surface area (Å²) in [6.07, 6.45) is 0. The first-order valence-electron chi connectivity index (χ1n) is 4.84. The quantitative estimate of drug-likeness (QED) is 0.788. The number of benzene rings is 1. The van der Waals surface area contributed by atoms with E-state index in [-0.39, 0.29) is 6.04 Å². The Labute approximate surface area is 118 Å². The first-order chi connectivity index (χ1) is 7.59. The standard InChI is InChI=1S/C12H11ClINS/c1-7-9(4-5-16-7)12(15)8-2-3-11(14)10(13)6-8/h2-6,12H,15H2,1H3. The number of thiophene rings is 1. The molecule has 84 valence electrons. The predicted octanol–water partition coefficient (Wildman–Crippen LogP) is 4.36. The van der Waals surface area contributed by atoms with Crippen molar-refractivity contribution in [3.05, 3.63) is 54.2 Å². The summed E-state index contributed by atoms with van der Waals surface area (Å²) in [6.45, 7) is 2.09. The highest BCUT2D eigenvalue weighted by atomic mass is 127. The first kappa shape index (κ1) is 12.4. The topological polar surface area (TPSA) is 26.0 Å². The summed E-state index contributed by atoms with van der Waals surface area (Å²) in [5, 5.41) is 2.83. The highest BCUT2D eigenvalue weighted by Gasteiger charge is 2.13. The zero-order chi connectivity index (χ0) is 11.7. The molecule has 1 nitrogen and oxygen atoms in total. The molecule has 0 saturated heterocycles. The number of nitrogens with two attached hydrogens (primary N) is 1. The summed E-state index contributed by atoms with van der Waals surface area (Å²) in [6, 6.07) is 7.98. The Morgan fingerprint density at radius 1 is 1.38 bits per heavy atom. The Morgan fingerprint density at radius 2 is 2.12 bits per heavy atom. The van der Waals surface area contributed by atoms with Gasteiger partial charge >= 0.3 is 0 Å². The van der Waals surface area contributed by atoms with Crippen molar-refractivity contribution >= 4 is 45.5 Å². The van der Waals surface area contributed by atoms with Gasteiger partial charge in [0.1, 0.15) is 0 Å². The lowest BCUT2D eigenvalue weighted by molar-refractivity contribution is 0.869. The predicted molar refractivity (Wildman–Crippen MR) is 79.3 cm³/mol. The third-order valence-electron chi connectivity index (χ3n) is 2.54. The molecule has 0 aliphatic rings. The smallest absolute Gasteiger partial charge is 0.0563 e. The van der Waals surface area contributed by atoms with Crippen molar-refractivity contribution in [1.29, 1.82) is 0 Å². The number of halogens is 2. The van der Waals surface area contributed by atoms with Crippen LogP contribution in [0.25, 0.3) is 0 Å². The molecule has 0 fully saturated rings. The first-order valence-corrected chi connectivity index (χ1v) is 7.17.